The first kappa shape index (κ1) is 35.0. The molecule has 2 rings (SSSR count). The molecular weight excluding hydrogens is 566 g/mol. The summed E-state index contributed by atoms with van der Waals surface area (Å²) in [5.74, 6) is -4.51. The lowest BCUT2D eigenvalue weighted by Gasteiger charge is -2.23. The van der Waals surface area contributed by atoms with Crippen LogP contribution >= 0.6 is 0 Å². The van der Waals surface area contributed by atoms with E-state index in [-0.39, 0.29) is 11.5 Å². The Labute approximate surface area is 250 Å². The molecule has 3 unspecified atom stereocenters. The second kappa shape index (κ2) is 17.1. The summed E-state index contributed by atoms with van der Waals surface area (Å²) in [5.41, 5.74) is -0.490. The van der Waals surface area contributed by atoms with Crippen molar-refractivity contribution in [1.29, 1.82) is 0 Å². The average Bonchev–Trinajstić information content (AvgIpc) is 3.44. The van der Waals surface area contributed by atoms with Crippen LogP contribution in [0.5, 0.6) is 0 Å². The lowest BCUT2D eigenvalue weighted by atomic mass is 10.0. The molecule has 4 amide bonds. The van der Waals surface area contributed by atoms with Gasteiger partial charge < -0.3 is 25.0 Å². The van der Waals surface area contributed by atoms with Crippen LogP contribution < -0.4 is 10.6 Å². The van der Waals surface area contributed by atoms with E-state index in [9.17, 15) is 32.8 Å². The number of ether oxygens (including phenoxy) is 2. The van der Waals surface area contributed by atoms with Crippen molar-refractivity contribution < 1.29 is 42.2 Å². The Kier molecular flexibility index (Phi) is 13.9. The van der Waals surface area contributed by atoms with Gasteiger partial charge in [0.2, 0.25) is 5.91 Å². The van der Waals surface area contributed by atoms with Gasteiger partial charge in [0.05, 0.1) is 7.11 Å². The van der Waals surface area contributed by atoms with Gasteiger partial charge in [0.25, 0.3) is 5.91 Å². The molecule has 1 aliphatic heterocycles. The molecule has 0 saturated carbocycles. The number of amides is 4. The highest BCUT2D eigenvalue weighted by atomic mass is 19.1. The van der Waals surface area contributed by atoms with Crippen molar-refractivity contribution >= 4 is 41.6 Å². The Morgan fingerprint density at radius 1 is 1.12 bits per heavy atom. The highest BCUT2D eigenvalue weighted by Crippen LogP contribution is 2.19. The number of hydrogen-bond acceptors (Lipinski definition) is 7. The minimum absolute atomic E-state index is 0.0666. The predicted molar refractivity (Wildman–Crippen MR) is 155 cm³/mol. The fourth-order valence-electron chi connectivity index (χ4n) is 4.62. The Morgan fingerprint density at radius 3 is 2.40 bits per heavy atom. The third-order valence-corrected chi connectivity index (χ3v) is 6.86. The maximum absolute atomic E-state index is 13.7. The lowest BCUT2D eigenvalue weighted by molar-refractivity contribution is -0.154. The molecular formula is C30H40F2N4O7. The third kappa shape index (κ3) is 11.2. The van der Waals surface area contributed by atoms with Crippen molar-refractivity contribution in [2.75, 3.05) is 20.2 Å². The average molecular weight is 607 g/mol. The topological polar surface area (TPSA) is 143 Å². The number of carbonyl (C=O) groups excluding carboxylic acids is 5. The molecule has 1 aromatic rings. The van der Waals surface area contributed by atoms with E-state index in [1.54, 1.807) is 0 Å². The minimum atomic E-state index is -1.48. The molecule has 13 heteroatoms. The van der Waals surface area contributed by atoms with Gasteiger partial charge in [-0.15, -0.1) is 0 Å². The van der Waals surface area contributed by atoms with Gasteiger partial charge in [-0.1, -0.05) is 38.8 Å². The van der Waals surface area contributed by atoms with E-state index in [1.807, 2.05) is 0 Å². The Bertz CT molecular complexity index is 1220. The normalized spacial score (nSPS) is 17.2. The number of urea groups is 1. The molecule has 43 heavy (non-hydrogen) atoms. The Balaban J connectivity index is 2.29. The number of nitrogens with one attached hydrogen (secondary N) is 2. The SMILES string of the molecule is CCCC(C)CCNC(=O)NC(/C=C\c1cc(F)cc(F)c1)C(=O)N=C(C(=O)OC)[C@H](C)OC(=O)C1CCCN1C(C)=O. The van der Waals surface area contributed by atoms with Crippen LogP contribution in [-0.4, -0.2) is 78.8 Å². The summed E-state index contributed by atoms with van der Waals surface area (Å²) in [5, 5.41) is 5.10. The Hall–Kier alpha value is -4.16. The molecule has 1 aliphatic rings. The van der Waals surface area contributed by atoms with Gasteiger partial charge in [-0.3, -0.25) is 9.59 Å². The van der Waals surface area contributed by atoms with Crippen LogP contribution in [0.2, 0.25) is 0 Å². The molecule has 0 aliphatic carbocycles. The zero-order valence-corrected chi connectivity index (χ0v) is 25.2. The van der Waals surface area contributed by atoms with Gasteiger partial charge in [0.15, 0.2) is 5.71 Å². The fourth-order valence-corrected chi connectivity index (χ4v) is 4.62. The van der Waals surface area contributed by atoms with Gasteiger partial charge in [-0.25, -0.2) is 28.2 Å². The molecule has 4 atom stereocenters. The predicted octanol–water partition coefficient (Wildman–Crippen LogP) is 3.56. The maximum Gasteiger partial charge on any atom is 0.356 e. The highest BCUT2D eigenvalue weighted by molar-refractivity contribution is 6.40. The first-order chi connectivity index (χ1) is 20.4. The largest absolute Gasteiger partial charge is 0.464 e. The van der Waals surface area contributed by atoms with E-state index in [0.29, 0.717) is 44.3 Å². The van der Waals surface area contributed by atoms with Crippen LogP contribution in [0.25, 0.3) is 6.08 Å². The smallest absolute Gasteiger partial charge is 0.356 e. The number of hydrogen-bond donors (Lipinski definition) is 2. The van der Waals surface area contributed by atoms with Crippen LogP contribution in [0.3, 0.4) is 0 Å². The first-order valence-electron chi connectivity index (χ1n) is 14.2. The van der Waals surface area contributed by atoms with Gasteiger partial charge in [-0.2, -0.15) is 0 Å². The van der Waals surface area contributed by atoms with Gasteiger partial charge in [0.1, 0.15) is 29.8 Å². The highest BCUT2D eigenvalue weighted by Gasteiger charge is 2.36. The van der Waals surface area contributed by atoms with Crippen molar-refractivity contribution in [3.05, 3.63) is 41.5 Å². The molecule has 2 N–H and O–H groups in total. The van der Waals surface area contributed by atoms with Crippen molar-refractivity contribution in [2.45, 2.75) is 78.0 Å². The van der Waals surface area contributed by atoms with Crippen molar-refractivity contribution in [3.63, 3.8) is 0 Å². The molecule has 0 aromatic heterocycles. The number of esters is 2. The number of aliphatic imine (C=N–C) groups is 1. The quantitative estimate of drug-likeness (QED) is 0.258. The number of rotatable bonds is 13. The van der Waals surface area contributed by atoms with Gasteiger partial charge in [-0.05, 0) is 49.8 Å². The van der Waals surface area contributed by atoms with E-state index in [2.05, 4.69) is 29.5 Å². The second-order valence-corrected chi connectivity index (χ2v) is 10.4. The van der Waals surface area contributed by atoms with E-state index in [1.165, 1.54) is 24.8 Å². The molecule has 1 heterocycles. The standard InChI is InChI=1S/C30H40F2N4O7/c1-6-8-18(2)12-13-33-30(41)34-24(11-10-21-15-22(31)17-23(32)16-21)27(38)35-26(29(40)42-5)19(3)43-28(39)25-9-7-14-36(25)20(4)37/h10-11,15-19,24-25H,6-9,12-14H2,1-5H3,(H2,33,34,41)/b11-10-,35-26?/t18?,19-,24?,25?/m0/s1. The van der Waals surface area contributed by atoms with E-state index < -0.39 is 59.4 Å². The van der Waals surface area contributed by atoms with Crippen molar-refractivity contribution in [2.24, 2.45) is 10.9 Å². The molecule has 236 valence electrons. The number of halogens is 2. The molecule has 11 nitrogen and oxygen atoms in total. The summed E-state index contributed by atoms with van der Waals surface area (Å²) in [6.07, 6.45) is 4.68. The van der Waals surface area contributed by atoms with E-state index >= 15 is 0 Å². The maximum atomic E-state index is 13.7. The van der Waals surface area contributed by atoms with Crippen LogP contribution in [0.4, 0.5) is 13.6 Å². The lowest BCUT2D eigenvalue weighted by Crippen LogP contribution is -2.46. The molecule has 1 aromatic carbocycles. The van der Waals surface area contributed by atoms with E-state index in [4.69, 9.17) is 9.47 Å². The summed E-state index contributed by atoms with van der Waals surface area (Å²) >= 11 is 0. The molecule has 1 saturated heterocycles. The number of methoxy groups -OCH3 is 1. The van der Waals surface area contributed by atoms with Crippen LogP contribution in [-0.2, 0) is 28.7 Å². The zero-order valence-electron chi connectivity index (χ0n) is 25.2. The summed E-state index contributed by atoms with van der Waals surface area (Å²) in [6, 6.07) is -0.311. The second-order valence-electron chi connectivity index (χ2n) is 10.4. The number of benzene rings is 1. The van der Waals surface area contributed by atoms with E-state index in [0.717, 1.165) is 38.2 Å². The van der Waals surface area contributed by atoms with Crippen LogP contribution in [0.15, 0.2) is 29.3 Å². The summed E-state index contributed by atoms with van der Waals surface area (Å²) < 4.78 is 37.5. The van der Waals surface area contributed by atoms with Crippen molar-refractivity contribution in [1.82, 2.24) is 15.5 Å². The summed E-state index contributed by atoms with van der Waals surface area (Å²) in [4.78, 5) is 68.3. The number of carbonyl (C=O) groups is 5. The monoisotopic (exact) mass is 606 g/mol. The van der Waals surface area contributed by atoms with Crippen molar-refractivity contribution in [3.8, 4) is 0 Å². The summed E-state index contributed by atoms with van der Waals surface area (Å²) in [7, 11) is 1.05. The fraction of sp³-hybridized carbons (Fsp3) is 0.533. The third-order valence-electron chi connectivity index (χ3n) is 6.86. The molecule has 1 fully saturated rings. The number of nitrogens with zero attached hydrogens (tertiary/aromatic N) is 2. The number of likely N-dealkylation sites (tertiary alicyclic amines) is 1. The molecule has 0 bridgehead atoms. The Morgan fingerprint density at radius 2 is 1.79 bits per heavy atom. The zero-order chi connectivity index (χ0) is 32.1. The first-order valence-corrected chi connectivity index (χ1v) is 14.2. The minimum Gasteiger partial charge on any atom is -0.464 e. The molecule has 0 spiro atoms. The van der Waals surface area contributed by atoms with Gasteiger partial charge in [0, 0.05) is 26.1 Å². The van der Waals surface area contributed by atoms with Gasteiger partial charge >= 0.3 is 18.0 Å². The van der Waals surface area contributed by atoms with Crippen LogP contribution in [0, 0.1) is 17.6 Å². The molecule has 0 radical (unpaired) electrons. The summed E-state index contributed by atoms with van der Waals surface area (Å²) in [6.45, 7) is 7.47. The van der Waals surface area contributed by atoms with Crippen LogP contribution in [0.1, 0.15) is 65.4 Å².